The van der Waals surface area contributed by atoms with Crippen LogP contribution < -0.4 is 0 Å². The van der Waals surface area contributed by atoms with E-state index in [1.807, 2.05) is 12.1 Å². The molecular weight excluding hydrogens is 278 g/mol. The highest BCUT2D eigenvalue weighted by Crippen LogP contribution is 2.30. The lowest BCUT2D eigenvalue weighted by Crippen LogP contribution is -2.37. The van der Waals surface area contributed by atoms with E-state index in [-0.39, 0.29) is 6.04 Å². The van der Waals surface area contributed by atoms with Crippen LogP contribution in [0.5, 0.6) is 0 Å². The first kappa shape index (κ1) is 14.7. The largest absolute Gasteiger partial charge is 0.387 e. The molecule has 0 radical (unpaired) electrons. The molecule has 0 amide bonds. The molecule has 2 N–H and O–H groups in total. The maximum absolute atomic E-state index is 10.5. The summed E-state index contributed by atoms with van der Waals surface area (Å²) in [5.74, 6) is 0.867. The highest BCUT2D eigenvalue weighted by atomic mass is 16.3. The molecule has 2 aromatic rings. The molecule has 0 saturated carbocycles. The first-order chi connectivity index (χ1) is 10.8. The number of rotatable bonds is 4. The number of likely N-dealkylation sites (tertiary alicyclic amines) is 1. The number of nitriles is 1. The number of aromatic amines is 1. The minimum absolute atomic E-state index is 0.185. The minimum atomic E-state index is -0.573. The Morgan fingerprint density at radius 1 is 1.36 bits per heavy atom. The number of nitrogens with zero attached hydrogens (tertiary/aromatic N) is 4. The summed E-state index contributed by atoms with van der Waals surface area (Å²) in [6.45, 7) is 1.50. The first-order valence-electron chi connectivity index (χ1n) is 7.55. The smallest absolute Gasteiger partial charge is 0.141 e. The normalized spacial score (nSPS) is 20.5. The van der Waals surface area contributed by atoms with Gasteiger partial charge in [0.15, 0.2) is 0 Å². The van der Waals surface area contributed by atoms with Crippen LogP contribution in [0.2, 0.25) is 0 Å². The van der Waals surface area contributed by atoms with E-state index in [1.165, 1.54) is 6.33 Å². The van der Waals surface area contributed by atoms with Gasteiger partial charge in [-0.2, -0.15) is 10.4 Å². The number of piperidine rings is 1. The van der Waals surface area contributed by atoms with Gasteiger partial charge in [-0.05, 0) is 37.1 Å². The van der Waals surface area contributed by atoms with Crippen LogP contribution >= 0.6 is 0 Å². The number of H-pyrrole nitrogens is 1. The Kier molecular flexibility index (Phi) is 4.47. The van der Waals surface area contributed by atoms with Gasteiger partial charge in [0, 0.05) is 6.54 Å². The van der Waals surface area contributed by atoms with Crippen LogP contribution in [0.25, 0.3) is 0 Å². The fraction of sp³-hybridized carbons (Fsp3) is 0.438. The molecule has 3 rings (SSSR count). The zero-order valence-electron chi connectivity index (χ0n) is 12.3. The maximum atomic E-state index is 10.5. The van der Waals surface area contributed by atoms with Gasteiger partial charge in [-0.25, -0.2) is 4.98 Å². The molecule has 1 aliphatic heterocycles. The molecule has 22 heavy (non-hydrogen) atoms. The zero-order valence-corrected chi connectivity index (χ0v) is 12.3. The number of aliphatic hydroxyl groups is 1. The summed E-state index contributed by atoms with van der Waals surface area (Å²) < 4.78 is 0. The van der Waals surface area contributed by atoms with Crippen molar-refractivity contribution in [1.29, 1.82) is 5.26 Å². The van der Waals surface area contributed by atoms with Crippen LogP contribution in [-0.2, 0) is 0 Å². The highest BCUT2D eigenvalue weighted by Gasteiger charge is 2.27. The summed E-state index contributed by atoms with van der Waals surface area (Å²) >= 11 is 0. The lowest BCUT2D eigenvalue weighted by Gasteiger charge is -2.35. The van der Waals surface area contributed by atoms with Crippen LogP contribution in [0.15, 0.2) is 30.6 Å². The van der Waals surface area contributed by atoms with Crippen molar-refractivity contribution in [3.63, 3.8) is 0 Å². The van der Waals surface area contributed by atoms with Gasteiger partial charge in [0.05, 0.1) is 23.8 Å². The van der Waals surface area contributed by atoms with Crippen molar-refractivity contribution < 1.29 is 5.11 Å². The average molecular weight is 297 g/mol. The Balaban J connectivity index is 1.70. The number of benzene rings is 1. The molecule has 0 spiro atoms. The number of β-amino-alcohol motifs (C(OH)–C–C–N with tert-alkyl or cyclic N) is 1. The lowest BCUT2D eigenvalue weighted by atomic mass is 9.99. The third-order valence-corrected chi connectivity index (χ3v) is 4.19. The van der Waals surface area contributed by atoms with Crippen LogP contribution in [0, 0.1) is 11.3 Å². The van der Waals surface area contributed by atoms with Crippen molar-refractivity contribution >= 4 is 0 Å². The number of aliphatic hydroxyl groups excluding tert-OH is 1. The lowest BCUT2D eigenvalue weighted by molar-refractivity contribution is 0.0638. The van der Waals surface area contributed by atoms with E-state index >= 15 is 0 Å². The van der Waals surface area contributed by atoms with Gasteiger partial charge in [-0.15, -0.1) is 0 Å². The number of hydrogen-bond donors (Lipinski definition) is 2. The van der Waals surface area contributed by atoms with Gasteiger partial charge in [-0.3, -0.25) is 10.00 Å². The van der Waals surface area contributed by atoms with E-state index in [4.69, 9.17) is 5.26 Å². The molecular formula is C16H19N5O. The van der Waals surface area contributed by atoms with Crippen LogP contribution in [0.4, 0.5) is 0 Å². The molecule has 1 aromatic carbocycles. The third kappa shape index (κ3) is 3.16. The minimum Gasteiger partial charge on any atom is -0.387 e. The molecule has 2 unspecified atom stereocenters. The number of nitrogens with one attached hydrogen (secondary N) is 1. The van der Waals surface area contributed by atoms with Gasteiger partial charge in [0.25, 0.3) is 0 Å². The SMILES string of the molecule is N#Cc1ccc(C(O)CN2CCCCC2c2ncn[nH]2)cc1. The number of hydrogen-bond acceptors (Lipinski definition) is 5. The molecule has 2 atom stereocenters. The van der Waals surface area contributed by atoms with Crippen molar-refractivity contribution in [2.75, 3.05) is 13.1 Å². The monoisotopic (exact) mass is 297 g/mol. The standard InChI is InChI=1S/C16H19N5O/c17-9-12-4-6-13(7-5-12)15(22)10-21-8-2-1-3-14(21)16-18-11-19-20-16/h4-7,11,14-15,22H,1-3,8,10H2,(H,18,19,20). The van der Waals surface area contributed by atoms with Gasteiger partial charge in [-0.1, -0.05) is 18.6 Å². The topological polar surface area (TPSA) is 88.8 Å². The summed E-state index contributed by atoms with van der Waals surface area (Å²) in [6, 6.07) is 9.38. The Bertz CT molecular complexity index is 632. The van der Waals surface area contributed by atoms with E-state index in [2.05, 4.69) is 26.2 Å². The third-order valence-electron chi connectivity index (χ3n) is 4.19. The second-order valence-electron chi connectivity index (χ2n) is 5.63. The van der Waals surface area contributed by atoms with E-state index in [0.717, 1.165) is 37.2 Å². The molecule has 0 bridgehead atoms. The Morgan fingerprint density at radius 3 is 2.86 bits per heavy atom. The van der Waals surface area contributed by atoms with Gasteiger partial charge in [0.1, 0.15) is 12.2 Å². The predicted molar refractivity (Wildman–Crippen MR) is 80.7 cm³/mol. The van der Waals surface area contributed by atoms with Crippen LogP contribution in [0.1, 0.15) is 48.4 Å². The summed E-state index contributed by atoms with van der Waals surface area (Å²) in [5.41, 5.74) is 1.44. The Labute approximate surface area is 129 Å². The molecule has 2 heterocycles. The van der Waals surface area contributed by atoms with Crippen molar-refractivity contribution in [3.05, 3.63) is 47.5 Å². The maximum Gasteiger partial charge on any atom is 0.141 e. The van der Waals surface area contributed by atoms with Crippen molar-refractivity contribution in [2.45, 2.75) is 31.4 Å². The number of aromatic nitrogens is 3. The predicted octanol–water partition coefficient (Wildman–Crippen LogP) is 1.94. The molecule has 1 fully saturated rings. The summed E-state index contributed by atoms with van der Waals surface area (Å²) in [6.07, 6.45) is 4.27. The summed E-state index contributed by atoms with van der Waals surface area (Å²) in [4.78, 5) is 6.52. The fourth-order valence-electron chi connectivity index (χ4n) is 3.00. The van der Waals surface area contributed by atoms with E-state index in [1.54, 1.807) is 12.1 Å². The van der Waals surface area contributed by atoms with Crippen molar-refractivity contribution in [2.24, 2.45) is 0 Å². The molecule has 1 aromatic heterocycles. The molecule has 114 valence electrons. The van der Waals surface area contributed by atoms with Crippen LogP contribution in [0.3, 0.4) is 0 Å². The van der Waals surface area contributed by atoms with Gasteiger partial charge >= 0.3 is 0 Å². The average Bonchev–Trinajstić information content (AvgIpc) is 3.10. The van der Waals surface area contributed by atoms with E-state index < -0.39 is 6.10 Å². The molecule has 1 saturated heterocycles. The molecule has 6 nitrogen and oxygen atoms in total. The fourth-order valence-corrected chi connectivity index (χ4v) is 3.00. The molecule has 6 heteroatoms. The molecule has 0 aliphatic carbocycles. The second kappa shape index (κ2) is 6.69. The molecule has 1 aliphatic rings. The van der Waals surface area contributed by atoms with Gasteiger partial charge in [0.2, 0.25) is 0 Å². The highest BCUT2D eigenvalue weighted by molar-refractivity contribution is 5.32. The van der Waals surface area contributed by atoms with Crippen molar-refractivity contribution in [3.8, 4) is 6.07 Å². The Hall–Kier alpha value is -2.23. The van der Waals surface area contributed by atoms with Crippen LogP contribution in [-0.4, -0.2) is 38.3 Å². The van der Waals surface area contributed by atoms with E-state index in [9.17, 15) is 5.11 Å². The van der Waals surface area contributed by atoms with Crippen molar-refractivity contribution in [1.82, 2.24) is 20.1 Å². The second-order valence-corrected chi connectivity index (χ2v) is 5.63. The summed E-state index contributed by atoms with van der Waals surface area (Å²) in [7, 11) is 0. The first-order valence-corrected chi connectivity index (χ1v) is 7.55. The quantitative estimate of drug-likeness (QED) is 0.900. The Morgan fingerprint density at radius 2 is 2.18 bits per heavy atom. The van der Waals surface area contributed by atoms with Gasteiger partial charge < -0.3 is 5.11 Å². The van der Waals surface area contributed by atoms with E-state index in [0.29, 0.717) is 12.1 Å². The summed E-state index contributed by atoms with van der Waals surface area (Å²) in [5, 5.41) is 26.2. The zero-order chi connectivity index (χ0) is 15.4.